The third-order valence-corrected chi connectivity index (χ3v) is 3.59. The molecule has 2 rings (SSSR count). The van der Waals surface area contributed by atoms with Gasteiger partial charge in [0.05, 0.1) is 23.1 Å². The number of anilines is 1. The van der Waals surface area contributed by atoms with Crippen molar-refractivity contribution in [2.45, 2.75) is 33.1 Å². The van der Waals surface area contributed by atoms with Crippen molar-refractivity contribution in [2.75, 3.05) is 12.3 Å². The normalized spacial score (nSPS) is 17.3. The Kier molecular flexibility index (Phi) is 3.05. The maximum Gasteiger partial charge on any atom is 0.253 e. The van der Waals surface area contributed by atoms with Gasteiger partial charge in [-0.2, -0.15) is 0 Å². The molecule has 0 atom stereocenters. The van der Waals surface area contributed by atoms with E-state index in [0.717, 1.165) is 12.2 Å². The highest BCUT2D eigenvalue weighted by atomic mass is 16.1. The highest BCUT2D eigenvalue weighted by Crippen LogP contribution is 2.39. The number of rotatable bonds is 3. The number of nitrogens with one attached hydrogen (secondary N) is 1. The van der Waals surface area contributed by atoms with Crippen LogP contribution in [0, 0.1) is 12.3 Å². The van der Waals surface area contributed by atoms with Crippen LogP contribution in [0.1, 0.15) is 42.2 Å². The second-order valence-corrected chi connectivity index (χ2v) is 5.25. The molecule has 0 aromatic carbocycles. The van der Waals surface area contributed by atoms with Crippen LogP contribution in [0.25, 0.3) is 0 Å². The van der Waals surface area contributed by atoms with Gasteiger partial charge in [-0.3, -0.25) is 9.78 Å². The van der Waals surface area contributed by atoms with Crippen LogP contribution in [0.4, 0.5) is 5.69 Å². The minimum absolute atomic E-state index is 0.0737. The number of hydrogen-bond donors (Lipinski definition) is 2. The van der Waals surface area contributed by atoms with Gasteiger partial charge in [-0.05, 0) is 31.2 Å². The first-order valence-electron chi connectivity index (χ1n) is 6.00. The molecule has 0 saturated heterocycles. The van der Waals surface area contributed by atoms with E-state index in [1.54, 1.807) is 12.3 Å². The molecular weight excluding hydrogens is 214 g/mol. The van der Waals surface area contributed by atoms with Gasteiger partial charge in [0.2, 0.25) is 0 Å². The molecule has 1 amide bonds. The lowest BCUT2D eigenvalue weighted by molar-refractivity contribution is 0.0890. The van der Waals surface area contributed by atoms with E-state index in [2.05, 4.69) is 17.2 Å². The lowest BCUT2D eigenvalue weighted by Crippen LogP contribution is -2.40. The SMILES string of the molecule is Cc1ncc(N)cc1C(=O)NCC1(C)CCC1. The molecule has 0 radical (unpaired) electrons. The van der Waals surface area contributed by atoms with Crippen molar-refractivity contribution in [1.82, 2.24) is 10.3 Å². The van der Waals surface area contributed by atoms with Gasteiger partial charge < -0.3 is 11.1 Å². The number of nitrogens with zero attached hydrogens (tertiary/aromatic N) is 1. The van der Waals surface area contributed by atoms with Gasteiger partial charge in [0.25, 0.3) is 5.91 Å². The number of nitrogen functional groups attached to an aromatic ring is 1. The van der Waals surface area contributed by atoms with Gasteiger partial charge in [-0.1, -0.05) is 13.3 Å². The minimum Gasteiger partial charge on any atom is -0.397 e. The Bertz CT molecular complexity index is 438. The number of nitrogens with two attached hydrogens (primary N) is 1. The van der Waals surface area contributed by atoms with Gasteiger partial charge in [0, 0.05) is 6.54 Å². The number of carbonyl (C=O) groups excluding carboxylic acids is 1. The molecule has 4 heteroatoms. The largest absolute Gasteiger partial charge is 0.397 e. The number of pyridine rings is 1. The molecule has 1 aliphatic rings. The fourth-order valence-corrected chi connectivity index (χ4v) is 2.13. The molecule has 1 aromatic heterocycles. The summed E-state index contributed by atoms with van der Waals surface area (Å²) in [6, 6.07) is 1.68. The van der Waals surface area contributed by atoms with Crippen molar-refractivity contribution in [2.24, 2.45) is 5.41 Å². The first-order valence-corrected chi connectivity index (χ1v) is 6.00. The standard InChI is InChI=1S/C13H19N3O/c1-9-11(6-10(14)7-15-9)12(17)16-8-13(2)4-3-5-13/h6-7H,3-5,8,14H2,1-2H3,(H,16,17). The topological polar surface area (TPSA) is 68.0 Å². The zero-order chi connectivity index (χ0) is 12.5. The van der Waals surface area contributed by atoms with E-state index in [1.165, 1.54) is 19.3 Å². The zero-order valence-corrected chi connectivity index (χ0v) is 10.4. The summed E-state index contributed by atoms with van der Waals surface area (Å²) in [5.74, 6) is -0.0737. The monoisotopic (exact) mass is 233 g/mol. The summed E-state index contributed by atoms with van der Waals surface area (Å²) in [6.45, 7) is 4.76. The van der Waals surface area contributed by atoms with Crippen LogP contribution in [-0.4, -0.2) is 17.4 Å². The quantitative estimate of drug-likeness (QED) is 0.837. The van der Waals surface area contributed by atoms with Gasteiger partial charge >= 0.3 is 0 Å². The molecule has 0 aliphatic heterocycles. The summed E-state index contributed by atoms with van der Waals surface area (Å²) < 4.78 is 0. The molecule has 1 fully saturated rings. The molecule has 1 aliphatic carbocycles. The molecule has 1 aromatic rings. The van der Waals surface area contributed by atoms with Gasteiger partial charge in [-0.25, -0.2) is 0 Å². The summed E-state index contributed by atoms with van der Waals surface area (Å²) in [5.41, 5.74) is 7.75. The van der Waals surface area contributed by atoms with E-state index in [1.807, 2.05) is 6.92 Å². The molecule has 1 heterocycles. The van der Waals surface area contributed by atoms with Crippen LogP contribution in [0.3, 0.4) is 0 Å². The fourth-order valence-electron chi connectivity index (χ4n) is 2.13. The van der Waals surface area contributed by atoms with Gasteiger partial charge in [-0.15, -0.1) is 0 Å². The van der Waals surface area contributed by atoms with Crippen molar-refractivity contribution < 1.29 is 4.79 Å². The first-order chi connectivity index (χ1) is 8.00. The maximum absolute atomic E-state index is 12.0. The molecule has 0 bridgehead atoms. The molecule has 92 valence electrons. The van der Waals surface area contributed by atoms with Crippen molar-refractivity contribution >= 4 is 11.6 Å². The molecular formula is C13H19N3O. The van der Waals surface area contributed by atoms with Crippen molar-refractivity contribution in [1.29, 1.82) is 0 Å². The second kappa shape index (κ2) is 4.35. The van der Waals surface area contributed by atoms with Crippen LogP contribution in [-0.2, 0) is 0 Å². The Balaban J connectivity index is 2.01. The molecule has 3 N–H and O–H groups in total. The van der Waals surface area contributed by atoms with E-state index >= 15 is 0 Å². The van der Waals surface area contributed by atoms with Crippen LogP contribution in [0.5, 0.6) is 0 Å². The first kappa shape index (κ1) is 11.9. The fraction of sp³-hybridized carbons (Fsp3) is 0.538. The third-order valence-electron chi connectivity index (χ3n) is 3.59. The Morgan fingerprint density at radius 2 is 2.29 bits per heavy atom. The van der Waals surface area contributed by atoms with Crippen LogP contribution in [0.2, 0.25) is 0 Å². The van der Waals surface area contributed by atoms with Crippen molar-refractivity contribution in [3.8, 4) is 0 Å². The average molecular weight is 233 g/mol. The van der Waals surface area contributed by atoms with Crippen molar-refractivity contribution in [3.63, 3.8) is 0 Å². The minimum atomic E-state index is -0.0737. The van der Waals surface area contributed by atoms with E-state index in [4.69, 9.17) is 5.73 Å². The molecule has 0 unspecified atom stereocenters. The Hall–Kier alpha value is -1.58. The van der Waals surface area contributed by atoms with E-state index in [0.29, 0.717) is 11.3 Å². The summed E-state index contributed by atoms with van der Waals surface area (Å²) in [7, 11) is 0. The molecule has 0 spiro atoms. The van der Waals surface area contributed by atoms with Crippen LogP contribution >= 0.6 is 0 Å². The number of amides is 1. The third kappa shape index (κ3) is 2.57. The highest BCUT2D eigenvalue weighted by Gasteiger charge is 2.32. The zero-order valence-electron chi connectivity index (χ0n) is 10.4. The van der Waals surface area contributed by atoms with E-state index < -0.39 is 0 Å². The summed E-state index contributed by atoms with van der Waals surface area (Å²) in [4.78, 5) is 16.1. The predicted octanol–water partition coefficient (Wildman–Crippen LogP) is 1.89. The smallest absolute Gasteiger partial charge is 0.253 e. The number of aromatic nitrogens is 1. The summed E-state index contributed by atoms with van der Waals surface area (Å²) in [5, 5.41) is 2.97. The van der Waals surface area contributed by atoms with Crippen molar-refractivity contribution in [3.05, 3.63) is 23.5 Å². The molecule has 17 heavy (non-hydrogen) atoms. The number of hydrogen-bond acceptors (Lipinski definition) is 3. The average Bonchev–Trinajstić information content (AvgIpc) is 2.26. The molecule has 1 saturated carbocycles. The maximum atomic E-state index is 12.0. The lowest BCUT2D eigenvalue weighted by Gasteiger charge is -2.38. The summed E-state index contributed by atoms with van der Waals surface area (Å²) >= 11 is 0. The lowest BCUT2D eigenvalue weighted by atomic mass is 9.70. The van der Waals surface area contributed by atoms with E-state index in [9.17, 15) is 4.79 Å². The highest BCUT2D eigenvalue weighted by molar-refractivity contribution is 5.95. The molecule has 4 nitrogen and oxygen atoms in total. The summed E-state index contributed by atoms with van der Waals surface area (Å²) in [6.07, 6.45) is 5.23. The van der Waals surface area contributed by atoms with E-state index in [-0.39, 0.29) is 11.3 Å². The van der Waals surface area contributed by atoms with Crippen LogP contribution in [0.15, 0.2) is 12.3 Å². The second-order valence-electron chi connectivity index (χ2n) is 5.25. The Morgan fingerprint density at radius 1 is 1.59 bits per heavy atom. The predicted molar refractivity (Wildman–Crippen MR) is 67.7 cm³/mol. The van der Waals surface area contributed by atoms with Gasteiger partial charge in [0.1, 0.15) is 0 Å². The Morgan fingerprint density at radius 3 is 2.88 bits per heavy atom. The number of aryl methyl sites for hydroxylation is 1. The van der Waals surface area contributed by atoms with Crippen LogP contribution < -0.4 is 11.1 Å². The Labute approximate surface area is 102 Å². The van der Waals surface area contributed by atoms with Gasteiger partial charge in [0.15, 0.2) is 0 Å². The number of carbonyl (C=O) groups is 1.